The van der Waals surface area contributed by atoms with E-state index in [0.717, 1.165) is 18.4 Å². The van der Waals surface area contributed by atoms with Crippen LogP contribution in [0.4, 0.5) is 5.69 Å². The maximum atomic E-state index is 11.6. The van der Waals surface area contributed by atoms with Gasteiger partial charge >= 0.3 is 5.97 Å². The number of hydrogen-bond donors (Lipinski definition) is 1. The van der Waals surface area contributed by atoms with Crippen molar-refractivity contribution in [2.24, 2.45) is 5.41 Å². The summed E-state index contributed by atoms with van der Waals surface area (Å²) in [6.45, 7) is 7.03. The number of para-hydroxylation sites is 1. The summed E-state index contributed by atoms with van der Waals surface area (Å²) in [5.41, 5.74) is 7.54. The van der Waals surface area contributed by atoms with Crippen molar-refractivity contribution in [3.05, 3.63) is 29.8 Å². The van der Waals surface area contributed by atoms with E-state index in [9.17, 15) is 4.79 Å². The van der Waals surface area contributed by atoms with Crippen molar-refractivity contribution >= 4 is 11.7 Å². The monoisotopic (exact) mass is 249 g/mol. The smallest absolute Gasteiger partial charge is 0.310 e. The summed E-state index contributed by atoms with van der Waals surface area (Å²) in [4.78, 5) is 11.6. The van der Waals surface area contributed by atoms with E-state index >= 15 is 0 Å². The molecule has 0 spiro atoms. The lowest BCUT2D eigenvalue weighted by Crippen LogP contribution is -2.12. The average Bonchev–Trinajstić information content (AvgIpc) is 2.26. The predicted molar refractivity (Wildman–Crippen MR) is 74.2 cm³/mol. The zero-order valence-corrected chi connectivity index (χ0v) is 11.5. The Balaban J connectivity index is 2.29. The molecule has 0 aliphatic carbocycles. The Morgan fingerprint density at radius 2 is 1.94 bits per heavy atom. The number of hydrogen-bond acceptors (Lipinski definition) is 3. The number of rotatable bonds is 5. The zero-order valence-electron chi connectivity index (χ0n) is 11.5. The van der Waals surface area contributed by atoms with Crippen LogP contribution in [-0.2, 0) is 16.0 Å². The molecule has 0 saturated carbocycles. The van der Waals surface area contributed by atoms with Crippen molar-refractivity contribution in [3.63, 3.8) is 0 Å². The molecule has 0 amide bonds. The number of nitrogen functional groups attached to an aromatic ring is 1. The number of carbonyl (C=O) groups excluding carboxylic acids is 1. The third-order valence-electron chi connectivity index (χ3n) is 2.72. The normalized spacial score (nSPS) is 11.3. The maximum Gasteiger partial charge on any atom is 0.310 e. The van der Waals surface area contributed by atoms with Gasteiger partial charge in [-0.15, -0.1) is 0 Å². The van der Waals surface area contributed by atoms with E-state index in [2.05, 4.69) is 20.8 Å². The lowest BCUT2D eigenvalue weighted by atomic mass is 9.91. The first-order chi connectivity index (χ1) is 8.38. The fraction of sp³-hybridized carbons (Fsp3) is 0.533. The molecule has 18 heavy (non-hydrogen) atoms. The van der Waals surface area contributed by atoms with Gasteiger partial charge in [0.2, 0.25) is 0 Å². The first-order valence-electron chi connectivity index (χ1n) is 6.37. The first-order valence-corrected chi connectivity index (χ1v) is 6.37. The zero-order chi connectivity index (χ0) is 13.6. The van der Waals surface area contributed by atoms with E-state index in [0.29, 0.717) is 12.3 Å². The third-order valence-corrected chi connectivity index (χ3v) is 2.72. The molecule has 0 bridgehead atoms. The highest BCUT2D eigenvalue weighted by Crippen LogP contribution is 2.20. The molecular formula is C15H23NO2. The molecule has 0 saturated heterocycles. The first kappa shape index (κ1) is 14.6. The molecule has 100 valence electrons. The molecule has 0 unspecified atom stereocenters. The molecule has 3 heteroatoms. The SMILES string of the molecule is CC(C)(C)CCCOC(=O)Cc1ccccc1N. The van der Waals surface area contributed by atoms with Gasteiger partial charge in [-0.2, -0.15) is 0 Å². The molecule has 1 aromatic carbocycles. The summed E-state index contributed by atoms with van der Waals surface area (Å²) in [6, 6.07) is 7.38. The molecule has 1 aromatic rings. The Kier molecular flexibility index (Phi) is 5.20. The quantitative estimate of drug-likeness (QED) is 0.495. The lowest BCUT2D eigenvalue weighted by Gasteiger charge is -2.17. The molecule has 1 rings (SSSR count). The van der Waals surface area contributed by atoms with Crippen molar-refractivity contribution in [1.82, 2.24) is 0 Å². The van der Waals surface area contributed by atoms with Crippen LogP contribution in [0.3, 0.4) is 0 Å². The highest BCUT2D eigenvalue weighted by Gasteiger charge is 2.11. The van der Waals surface area contributed by atoms with Gasteiger partial charge in [0.1, 0.15) is 0 Å². The van der Waals surface area contributed by atoms with E-state index < -0.39 is 0 Å². The van der Waals surface area contributed by atoms with Crippen LogP contribution in [0.25, 0.3) is 0 Å². The van der Waals surface area contributed by atoms with Crippen LogP contribution in [-0.4, -0.2) is 12.6 Å². The number of esters is 1. The van der Waals surface area contributed by atoms with Crippen LogP contribution in [0.15, 0.2) is 24.3 Å². The number of ether oxygens (including phenoxy) is 1. The molecule has 0 heterocycles. The van der Waals surface area contributed by atoms with E-state index in [4.69, 9.17) is 10.5 Å². The summed E-state index contributed by atoms with van der Waals surface area (Å²) in [7, 11) is 0. The fourth-order valence-electron chi connectivity index (χ4n) is 1.69. The lowest BCUT2D eigenvalue weighted by molar-refractivity contribution is -0.143. The molecule has 0 atom stereocenters. The van der Waals surface area contributed by atoms with Crippen LogP contribution >= 0.6 is 0 Å². The second kappa shape index (κ2) is 6.43. The van der Waals surface area contributed by atoms with Gasteiger partial charge in [-0.25, -0.2) is 0 Å². The van der Waals surface area contributed by atoms with E-state index in [1.165, 1.54) is 0 Å². The van der Waals surface area contributed by atoms with Crippen LogP contribution in [0.1, 0.15) is 39.2 Å². The third kappa shape index (κ3) is 5.71. The molecule has 0 aromatic heterocycles. The van der Waals surface area contributed by atoms with Gasteiger partial charge in [-0.1, -0.05) is 39.0 Å². The maximum absolute atomic E-state index is 11.6. The van der Waals surface area contributed by atoms with Gasteiger partial charge in [-0.3, -0.25) is 4.79 Å². The average molecular weight is 249 g/mol. The van der Waals surface area contributed by atoms with Crippen LogP contribution in [0.2, 0.25) is 0 Å². The summed E-state index contributed by atoms with van der Waals surface area (Å²) in [5.74, 6) is -0.207. The Morgan fingerprint density at radius 1 is 1.28 bits per heavy atom. The minimum absolute atomic E-state index is 0.207. The van der Waals surface area contributed by atoms with Gasteiger partial charge in [0.25, 0.3) is 0 Å². The van der Waals surface area contributed by atoms with Crippen molar-refractivity contribution in [2.75, 3.05) is 12.3 Å². The Hall–Kier alpha value is -1.51. The van der Waals surface area contributed by atoms with Gasteiger partial charge in [0.05, 0.1) is 13.0 Å². The highest BCUT2D eigenvalue weighted by atomic mass is 16.5. The summed E-state index contributed by atoms with van der Waals surface area (Å²) in [5, 5.41) is 0. The largest absolute Gasteiger partial charge is 0.465 e. The van der Waals surface area contributed by atoms with Gasteiger partial charge in [0, 0.05) is 5.69 Å². The predicted octanol–water partition coefficient (Wildman–Crippen LogP) is 3.18. The van der Waals surface area contributed by atoms with E-state index in [-0.39, 0.29) is 17.8 Å². The second-order valence-corrected chi connectivity index (χ2v) is 5.76. The minimum atomic E-state index is -0.207. The topological polar surface area (TPSA) is 52.3 Å². The Morgan fingerprint density at radius 3 is 2.56 bits per heavy atom. The minimum Gasteiger partial charge on any atom is -0.465 e. The van der Waals surface area contributed by atoms with Crippen LogP contribution < -0.4 is 5.73 Å². The van der Waals surface area contributed by atoms with Crippen molar-refractivity contribution in [1.29, 1.82) is 0 Å². The molecular weight excluding hydrogens is 226 g/mol. The number of carbonyl (C=O) groups is 1. The summed E-state index contributed by atoms with van der Waals surface area (Å²) < 4.78 is 5.20. The van der Waals surface area contributed by atoms with Crippen LogP contribution in [0, 0.1) is 5.41 Å². The molecule has 0 aliphatic heterocycles. The van der Waals surface area contributed by atoms with Crippen LogP contribution in [0.5, 0.6) is 0 Å². The van der Waals surface area contributed by atoms with Crippen molar-refractivity contribution in [3.8, 4) is 0 Å². The van der Waals surface area contributed by atoms with Gasteiger partial charge < -0.3 is 10.5 Å². The standard InChI is InChI=1S/C15H23NO2/c1-15(2,3)9-6-10-18-14(17)11-12-7-4-5-8-13(12)16/h4-5,7-8H,6,9-11,16H2,1-3H3. The molecule has 0 radical (unpaired) electrons. The molecule has 0 fully saturated rings. The van der Waals surface area contributed by atoms with Crippen molar-refractivity contribution in [2.45, 2.75) is 40.0 Å². The Labute approximate surface area is 109 Å². The van der Waals surface area contributed by atoms with E-state index in [1.807, 2.05) is 18.2 Å². The Bertz CT molecular complexity index is 394. The molecule has 3 nitrogen and oxygen atoms in total. The van der Waals surface area contributed by atoms with Crippen molar-refractivity contribution < 1.29 is 9.53 Å². The molecule has 0 aliphatic rings. The van der Waals surface area contributed by atoms with Gasteiger partial charge in [0.15, 0.2) is 0 Å². The second-order valence-electron chi connectivity index (χ2n) is 5.76. The van der Waals surface area contributed by atoms with Gasteiger partial charge in [-0.05, 0) is 29.9 Å². The fourth-order valence-corrected chi connectivity index (χ4v) is 1.69. The summed E-state index contributed by atoms with van der Waals surface area (Å²) in [6.07, 6.45) is 2.20. The number of nitrogens with two attached hydrogens (primary N) is 1. The molecule has 2 N–H and O–H groups in total. The van der Waals surface area contributed by atoms with E-state index in [1.54, 1.807) is 6.07 Å². The number of benzene rings is 1. The summed E-state index contributed by atoms with van der Waals surface area (Å²) >= 11 is 0. The number of anilines is 1. The highest BCUT2D eigenvalue weighted by molar-refractivity contribution is 5.74.